The van der Waals surface area contributed by atoms with Gasteiger partial charge in [0, 0.05) is 12.4 Å². The van der Waals surface area contributed by atoms with Crippen LogP contribution in [-0.4, -0.2) is 4.57 Å². The molecule has 0 atom stereocenters. The Bertz CT molecular complexity index is 370. The standard InChI is InChI=1S/C10H9NS/c1-2-11-7-3-5-9(11)10-6-4-8-12-10/h2-8H,1H2. The maximum Gasteiger partial charge on any atom is 0.0622 e. The lowest BCUT2D eigenvalue weighted by Crippen LogP contribution is -1.83. The van der Waals surface area contributed by atoms with Gasteiger partial charge in [-0.05, 0) is 23.6 Å². The summed E-state index contributed by atoms with van der Waals surface area (Å²) in [5, 5.41) is 2.08. The molecule has 12 heavy (non-hydrogen) atoms. The first-order valence-electron chi connectivity index (χ1n) is 3.75. The van der Waals surface area contributed by atoms with Crippen LogP contribution in [0.25, 0.3) is 16.8 Å². The average molecular weight is 175 g/mol. The second-order valence-electron chi connectivity index (χ2n) is 2.46. The van der Waals surface area contributed by atoms with Gasteiger partial charge in [-0.1, -0.05) is 12.6 Å². The first-order chi connectivity index (χ1) is 5.92. The van der Waals surface area contributed by atoms with Crippen LogP contribution in [0.15, 0.2) is 42.4 Å². The second-order valence-corrected chi connectivity index (χ2v) is 3.41. The molecule has 0 radical (unpaired) electrons. The smallest absolute Gasteiger partial charge is 0.0622 e. The number of rotatable bonds is 2. The van der Waals surface area contributed by atoms with Crippen LogP contribution in [0.3, 0.4) is 0 Å². The van der Waals surface area contributed by atoms with E-state index in [-0.39, 0.29) is 0 Å². The van der Waals surface area contributed by atoms with Crippen LogP contribution in [-0.2, 0) is 0 Å². The fourth-order valence-corrected chi connectivity index (χ4v) is 1.94. The molecule has 0 spiro atoms. The predicted octanol–water partition coefficient (Wildman–Crippen LogP) is 3.32. The summed E-state index contributed by atoms with van der Waals surface area (Å²) in [6.45, 7) is 3.74. The molecule has 0 aliphatic heterocycles. The lowest BCUT2D eigenvalue weighted by Gasteiger charge is -1.98. The molecule has 0 aliphatic carbocycles. The van der Waals surface area contributed by atoms with Crippen molar-refractivity contribution in [2.24, 2.45) is 0 Å². The molecule has 0 aromatic carbocycles. The van der Waals surface area contributed by atoms with Crippen LogP contribution in [0, 0.1) is 0 Å². The molecule has 60 valence electrons. The van der Waals surface area contributed by atoms with E-state index in [1.807, 2.05) is 23.0 Å². The Balaban J connectivity index is 2.53. The molecule has 0 amide bonds. The van der Waals surface area contributed by atoms with Gasteiger partial charge in [0.25, 0.3) is 0 Å². The molecule has 0 aliphatic rings. The lowest BCUT2D eigenvalue weighted by molar-refractivity contribution is 1.19. The van der Waals surface area contributed by atoms with E-state index in [9.17, 15) is 0 Å². The van der Waals surface area contributed by atoms with Crippen LogP contribution in [0.4, 0.5) is 0 Å². The summed E-state index contributed by atoms with van der Waals surface area (Å²) in [5.74, 6) is 0. The zero-order valence-corrected chi connectivity index (χ0v) is 7.42. The van der Waals surface area contributed by atoms with Crippen molar-refractivity contribution < 1.29 is 0 Å². The van der Waals surface area contributed by atoms with Gasteiger partial charge in [0.1, 0.15) is 0 Å². The van der Waals surface area contributed by atoms with Crippen molar-refractivity contribution in [2.45, 2.75) is 0 Å². The van der Waals surface area contributed by atoms with E-state index in [0.29, 0.717) is 0 Å². The topological polar surface area (TPSA) is 4.93 Å². The summed E-state index contributed by atoms with van der Waals surface area (Å²) >= 11 is 1.74. The molecule has 0 saturated heterocycles. The van der Waals surface area contributed by atoms with Gasteiger partial charge in [0.05, 0.1) is 10.6 Å². The summed E-state index contributed by atoms with van der Waals surface area (Å²) in [6.07, 6.45) is 3.82. The first-order valence-corrected chi connectivity index (χ1v) is 4.63. The van der Waals surface area contributed by atoms with Gasteiger partial charge in [-0.3, -0.25) is 0 Å². The van der Waals surface area contributed by atoms with Crippen LogP contribution in [0.1, 0.15) is 0 Å². The normalized spacial score (nSPS) is 10.0. The van der Waals surface area contributed by atoms with Crippen LogP contribution >= 0.6 is 11.3 Å². The number of hydrogen-bond acceptors (Lipinski definition) is 1. The molecule has 2 aromatic heterocycles. The Hall–Kier alpha value is -1.28. The van der Waals surface area contributed by atoms with E-state index in [1.165, 1.54) is 10.6 Å². The summed E-state index contributed by atoms with van der Waals surface area (Å²) in [5.41, 5.74) is 1.21. The molecular formula is C10H9NS. The minimum atomic E-state index is 1.21. The molecule has 2 heterocycles. The molecule has 2 rings (SSSR count). The number of thiophene rings is 1. The predicted molar refractivity (Wildman–Crippen MR) is 54.1 cm³/mol. The van der Waals surface area contributed by atoms with E-state index >= 15 is 0 Å². The van der Waals surface area contributed by atoms with E-state index in [1.54, 1.807) is 11.3 Å². The highest BCUT2D eigenvalue weighted by molar-refractivity contribution is 7.13. The van der Waals surface area contributed by atoms with Crippen molar-refractivity contribution in [1.29, 1.82) is 0 Å². The van der Waals surface area contributed by atoms with Gasteiger partial charge in [0.2, 0.25) is 0 Å². The quantitative estimate of drug-likeness (QED) is 0.660. The Morgan fingerprint density at radius 2 is 2.25 bits per heavy atom. The fraction of sp³-hybridized carbons (Fsp3) is 0. The summed E-state index contributed by atoms with van der Waals surface area (Å²) in [6, 6.07) is 8.28. The van der Waals surface area contributed by atoms with Crippen molar-refractivity contribution in [1.82, 2.24) is 4.57 Å². The maximum absolute atomic E-state index is 3.74. The van der Waals surface area contributed by atoms with Crippen LogP contribution < -0.4 is 0 Å². The number of hydrogen-bond donors (Lipinski definition) is 0. The molecular weight excluding hydrogens is 166 g/mol. The molecule has 2 heteroatoms. The first kappa shape index (κ1) is 7.37. The van der Waals surface area contributed by atoms with E-state index in [4.69, 9.17) is 0 Å². The molecule has 0 fully saturated rings. The van der Waals surface area contributed by atoms with Gasteiger partial charge < -0.3 is 4.57 Å². The van der Waals surface area contributed by atoms with Crippen molar-refractivity contribution in [3.8, 4) is 10.6 Å². The second kappa shape index (κ2) is 2.99. The minimum absolute atomic E-state index is 1.21. The molecule has 0 bridgehead atoms. The van der Waals surface area contributed by atoms with E-state index in [0.717, 1.165) is 0 Å². The van der Waals surface area contributed by atoms with E-state index < -0.39 is 0 Å². The zero-order valence-electron chi connectivity index (χ0n) is 6.60. The summed E-state index contributed by atoms with van der Waals surface area (Å²) in [4.78, 5) is 1.28. The molecule has 2 aromatic rings. The third-order valence-electron chi connectivity index (χ3n) is 1.75. The monoisotopic (exact) mass is 175 g/mol. The Morgan fingerprint density at radius 1 is 1.33 bits per heavy atom. The average Bonchev–Trinajstić information content (AvgIpc) is 2.74. The third kappa shape index (κ3) is 1.10. The highest BCUT2D eigenvalue weighted by Gasteiger charge is 2.00. The highest BCUT2D eigenvalue weighted by Crippen LogP contribution is 2.24. The molecule has 0 saturated carbocycles. The van der Waals surface area contributed by atoms with Crippen molar-refractivity contribution in [3.05, 3.63) is 42.4 Å². The van der Waals surface area contributed by atoms with Gasteiger partial charge in [-0.15, -0.1) is 11.3 Å². The molecule has 0 N–H and O–H groups in total. The molecule has 1 nitrogen and oxygen atoms in total. The number of nitrogens with zero attached hydrogens (tertiary/aromatic N) is 1. The fourth-order valence-electron chi connectivity index (χ4n) is 1.19. The largest absolute Gasteiger partial charge is 0.323 e. The van der Waals surface area contributed by atoms with Crippen LogP contribution in [0.2, 0.25) is 0 Å². The van der Waals surface area contributed by atoms with Gasteiger partial charge in [0.15, 0.2) is 0 Å². The minimum Gasteiger partial charge on any atom is -0.323 e. The Kier molecular flexibility index (Phi) is 1.84. The third-order valence-corrected chi connectivity index (χ3v) is 2.64. The lowest BCUT2D eigenvalue weighted by atomic mass is 10.3. The Morgan fingerprint density at radius 3 is 2.92 bits per heavy atom. The van der Waals surface area contributed by atoms with Crippen LogP contribution in [0.5, 0.6) is 0 Å². The summed E-state index contributed by atoms with van der Waals surface area (Å²) in [7, 11) is 0. The van der Waals surface area contributed by atoms with E-state index in [2.05, 4.69) is 30.2 Å². The maximum atomic E-state index is 3.74. The number of aromatic nitrogens is 1. The van der Waals surface area contributed by atoms with Crippen molar-refractivity contribution in [3.63, 3.8) is 0 Å². The van der Waals surface area contributed by atoms with Gasteiger partial charge in [-0.25, -0.2) is 0 Å². The molecule has 0 unspecified atom stereocenters. The van der Waals surface area contributed by atoms with Gasteiger partial charge in [-0.2, -0.15) is 0 Å². The van der Waals surface area contributed by atoms with Crippen molar-refractivity contribution in [2.75, 3.05) is 0 Å². The van der Waals surface area contributed by atoms with Gasteiger partial charge >= 0.3 is 0 Å². The SMILES string of the molecule is C=Cn1cccc1-c1cccs1. The van der Waals surface area contributed by atoms with Crippen molar-refractivity contribution >= 4 is 17.5 Å². The Labute approximate surface area is 75.6 Å². The zero-order chi connectivity index (χ0) is 8.39. The summed E-state index contributed by atoms with van der Waals surface area (Å²) < 4.78 is 2.02. The highest BCUT2D eigenvalue weighted by atomic mass is 32.1.